The molecule has 1 rings (SSSR count). The first kappa shape index (κ1) is 10.9. The van der Waals surface area contributed by atoms with Gasteiger partial charge in [0.2, 0.25) is 0 Å². The molecule has 0 aliphatic carbocycles. The van der Waals surface area contributed by atoms with Crippen LogP contribution in [0.1, 0.15) is 27.7 Å². The Morgan fingerprint density at radius 2 is 1.93 bits per heavy atom. The lowest BCUT2D eigenvalue weighted by molar-refractivity contribution is 0.0239. The van der Waals surface area contributed by atoms with Crippen molar-refractivity contribution in [2.75, 3.05) is 5.32 Å². The number of hydrogen-bond acceptors (Lipinski definition) is 4. The predicted octanol–water partition coefficient (Wildman–Crippen LogP) is 1.44. The van der Waals surface area contributed by atoms with Crippen molar-refractivity contribution in [1.82, 2.24) is 9.97 Å². The van der Waals surface area contributed by atoms with Gasteiger partial charge in [-0.1, -0.05) is 0 Å². The minimum Gasteiger partial charge on any atom is -0.388 e. The third-order valence-electron chi connectivity index (χ3n) is 2.55. The maximum absolute atomic E-state index is 9.90. The number of aromatic nitrogens is 2. The van der Waals surface area contributed by atoms with Crippen molar-refractivity contribution in [2.24, 2.45) is 0 Å². The lowest BCUT2D eigenvalue weighted by Gasteiger charge is -2.38. The summed E-state index contributed by atoms with van der Waals surface area (Å²) in [6.07, 6.45) is 3.14. The van der Waals surface area contributed by atoms with Gasteiger partial charge >= 0.3 is 0 Å². The monoisotopic (exact) mass is 195 g/mol. The summed E-state index contributed by atoms with van der Waals surface area (Å²) in [4.78, 5) is 7.87. The lowest BCUT2D eigenvalue weighted by Crippen LogP contribution is -2.51. The van der Waals surface area contributed by atoms with E-state index in [4.69, 9.17) is 0 Å². The fraction of sp³-hybridized carbons (Fsp3) is 0.600. The molecule has 1 aromatic rings. The average Bonchev–Trinajstić information content (AvgIpc) is 2.03. The Kier molecular flexibility index (Phi) is 2.76. The second kappa shape index (κ2) is 3.53. The van der Waals surface area contributed by atoms with Gasteiger partial charge in [0.15, 0.2) is 0 Å². The maximum atomic E-state index is 9.90. The van der Waals surface area contributed by atoms with Crippen molar-refractivity contribution in [3.63, 3.8) is 0 Å². The van der Waals surface area contributed by atoms with Gasteiger partial charge in [-0.3, -0.25) is 0 Å². The van der Waals surface area contributed by atoms with E-state index in [2.05, 4.69) is 15.3 Å². The van der Waals surface area contributed by atoms with E-state index in [1.165, 1.54) is 6.33 Å². The minimum atomic E-state index is -0.821. The highest BCUT2D eigenvalue weighted by molar-refractivity contribution is 5.36. The van der Waals surface area contributed by atoms with E-state index < -0.39 is 11.1 Å². The number of nitrogens with one attached hydrogen (secondary N) is 1. The van der Waals surface area contributed by atoms with Crippen LogP contribution in [0.4, 0.5) is 5.82 Å². The fourth-order valence-corrected chi connectivity index (χ4v) is 0.838. The first-order chi connectivity index (χ1) is 6.33. The third-order valence-corrected chi connectivity index (χ3v) is 2.55. The largest absolute Gasteiger partial charge is 0.388 e. The molecule has 1 aromatic heterocycles. The average molecular weight is 195 g/mol. The number of aliphatic hydroxyl groups is 1. The zero-order valence-corrected chi connectivity index (χ0v) is 9.07. The van der Waals surface area contributed by atoms with E-state index in [1.807, 2.05) is 13.8 Å². The molecule has 78 valence electrons. The van der Waals surface area contributed by atoms with Crippen LogP contribution in [-0.2, 0) is 0 Å². The van der Waals surface area contributed by atoms with Crippen LogP contribution in [-0.4, -0.2) is 26.2 Å². The molecule has 2 N–H and O–H groups in total. The fourth-order valence-electron chi connectivity index (χ4n) is 0.838. The van der Waals surface area contributed by atoms with Crippen LogP contribution in [0.5, 0.6) is 0 Å². The SMILES string of the molecule is CC(C)(O)C(C)(C)Nc1ccncn1. The Morgan fingerprint density at radius 1 is 1.29 bits per heavy atom. The molecule has 0 unspecified atom stereocenters. The van der Waals surface area contributed by atoms with Crippen molar-refractivity contribution < 1.29 is 5.11 Å². The van der Waals surface area contributed by atoms with E-state index >= 15 is 0 Å². The molecule has 1 heterocycles. The molecule has 0 saturated carbocycles. The van der Waals surface area contributed by atoms with Gasteiger partial charge in [-0.05, 0) is 33.8 Å². The van der Waals surface area contributed by atoms with Gasteiger partial charge in [0.1, 0.15) is 12.1 Å². The van der Waals surface area contributed by atoms with Gasteiger partial charge in [-0.2, -0.15) is 0 Å². The molecule has 0 radical (unpaired) electrons. The van der Waals surface area contributed by atoms with Gasteiger partial charge in [0, 0.05) is 6.20 Å². The highest BCUT2D eigenvalue weighted by Gasteiger charge is 2.35. The number of rotatable bonds is 3. The number of hydrogen-bond donors (Lipinski definition) is 2. The lowest BCUT2D eigenvalue weighted by atomic mass is 9.86. The molecule has 0 atom stereocenters. The minimum absolute atomic E-state index is 0.443. The summed E-state index contributed by atoms with van der Waals surface area (Å²) in [5.74, 6) is 0.715. The molecule has 0 aliphatic heterocycles. The van der Waals surface area contributed by atoms with Gasteiger partial charge in [0.05, 0.1) is 11.1 Å². The zero-order valence-electron chi connectivity index (χ0n) is 9.07. The van der Waals surface area contributed by atoms with Crippen LogP contribution in [0.25, 0.3) is 0 Å². The maximum Gasteiger partial charge on any atom is 0.129 e. The Balaban J connectivity index is 2.79. The molecule has 0 saturated heterocycles. The van der Waals surface area contributed by atoms with Crippen LogP contribution in [0.2, 0.25) is 0 Å². The first-order valence-corrected chi connectivity index (χ1v) is 4.59. The van der Waals surface area contributed by atoms with Crippen LogP contribution in [0, 0.1) is 0 Å². The normalized spacial score (nSPS) is 12.6. The summed E-state index contributed by atoms with van der Waals surface area (Å²) in [5, 5.41) is 13.1. The van der Waals surface area contributed by atoms with Crippen molar-refractivity contribution in [3.05, 3.63) is 18.6 Å². The Bertz CT molecular complexity index is 290. The van der Waals surface area contributed by atoms with Crippen molar-refractivity contribution >= 4 is 5.82 Å². The summed E-state index contributed by atoms with van der Waals surface area (Å²) in [5.41, 5.74) is -1.26. The highest BCUT2D eigenvalue weighted by atomic mass is 16.3. The van der Waals surface area contributed by atoms with E-state index in [-0.39, 0.29) is 0 Å². The molecular weight excluding hydrogens is 178 g/mol. The van der Waals surface area contributed by atoms with E-state index in [9.17, 15) is 5.11 Å². The molecule has 0 fully saturated rings. The molecule has 0 bridgehead atoms. The standard InChI is InChI=1S/C10H17N3O/c1-9(2,10(3,4)14)13-8-5-6-11-7-12-8/h5-7,14H,1-4H3,(H,11,12,13). The second-order valence-electron chi connectivity index (χ2n) is 4.40. The Morgan fingerprint density at radius 3 is 2.36 bits per heavy atom. The van der Waals surface area contributed by atoms with Crippen LogP contribution < -0.4 is 5.32 Å². The summed E-state index contributed by atoms with van der Waals surface area (Å²) in [6, 6.07) is 1.77. The number of anilines is 1. The molecule has 0 spiro atoms. The molecule has 0 aliphatic rings. The van der Waals surface area contributed by atoms with E-state index in [1.54, 1.807) is 26.1 Å². The summed E-state index contributed by atoms with van der Waals surface area (Å²) in [7, 11) is 0. The van der Waals surface area contributed by atoms with Crippen LogP contribution in [0.15, 0.2) is 18.6 Å². The van der Waals surface area contributed by atoms with Crippen LogP contribution >= 0.6 is 0 Å². The molecule has 4 heteroatoms. The molecule has 14 heavy (non-hydrogen) atoms. The molecular formula is C10H17N3O. The van der Waals surface area contributed by atoms with E-state index in [0.29, 0.717) is 5.82 Å². The molecule has 0 aromatic carbocycles. The molecule has 4 nitrogen and oxygen atoms in total. The third kappa shape index (κ3) is 2.42. The van der Waals surface area contributed by atoms with Crippen LogP contribution in [0.3, 0.4) is 0 Å². The van der Waals surface area contributed by atoms with Crippen molar-refractivity contribution in [3.8, 4) is 0 Å². The second-order valence-corrected chi connectivity index (χ2v) is 4.40. The Hall–Kier alpha value is -1.16. The zero-order chi connectivity index (χ0) is 10.8. The quantitative estimate of drug-likeness (QED) is 0.766. The Labute approximate surface area is 84.4 Å². The summed E-state index contributed by atoms with van der Waals surface area (Å²) in [6.45, 7) is 7.38. The highest BCUT2D eigenvalue weighted by Crippen LogP contribution is 2.24. The predicted molar refractivity (Wildman–Crippen MR) is 56.0 cm³/mol. The van der Waals surface area contributed by atoms with Gasteiger partial charge < -0.3 is 10.4 Å². The van der Waals surface area contributed by atoms with Gasteiger partial charge in [-0.15, -0.1) is 0 Å². The first-order valence-electron chi connectivity index (χ1n) is 4.59. The van der Waals surface area contributed by atoms with E-state index in [0.717, 1.165) is 0 Å². The number of nitrogens with zero attached hydrogens (tertiary/aromatic N) is 2. The summed E-state index contributed by atoms with van der Waals surface area (Å²) >= 11 is 0. The smallest absolute Gasteiger partial charge is 0.129 e. The topological polar surface area (TPSA) is 58.0 Å². The van der Waals surface area contributed by atoms with Crippen molar-refractivity contribution in [2.45, 2.75) is 38.8 Å². The summed E-state index contributed by atoms with van der Waals surface area (Å²) < 4.78 is 0. The van der Waals surface area contributed by atoms with Crippen molar-refractivity contribution in [1.29, 1.82) is 0 Å². The molecule has 0 amide bonds. The van der Waals surface area contributed by atoms with Gasteiger partial charge in [-0.25, -0.2) is 9.97 Å². The van der Waals surface area contributed by atoms with Gasteiger partial charge in [0.25, 0.3) is 0 Å².